The minimum Gasteiger partial charge on any atom is -0.481 e. The van der Waals surface area contributed by atoms with Crippen LogP contribution >= 0.6 is 0 Å². The first kappa shape index (κ1) is 19.8. The maximum absolute atomic E-state index is 12.0. The Morgan fingerprint density at radius 2 is 1.83 bits per heavy atom. The van der Waals surface area contributed by atoms with E-state index in [2.05, 4.69) is 19.2 Å². The first-order valence-corrected chi connectivity index (χ1v) is 8.91. The second kappa shape index (κ2) is 8.55. The van der Waals surface area contributed by atoms with Crippen LogP contribution in [0, 0.1) is 17.8 Å². The lowest BCUT2D eigenvalue weighted by Gasteiger charge is -2.24. The molecule has 1 saturated carbocycles. The topological polar surface area (TPSA) is 75.6 Å². The van der Waals surface area contributed by atoms with Crippen molar-refractivity contribution >= 4 is 12.1 Å². The van der Waals surface area contributed by atoms with Gasteiger partial charge in [-0.15, -0.1) is 0 Å². The van der Waals surface area contributed by atoms with Crippen molar-refractivity contribution in [1.82, 2.24) is 5.32 Å². The van der Waals surface area contributed by atoms with E-state index >= 15 is 0 Å². The molecule has 0 saturated heterocycles. The molecule has 2 unspecified atom stereocenters. The number of hydrogen-bond acceptors (Lipinski definition) is 3. The number of amides is 1. The number of aliphatic carboxylic acids is 1. The summed E-state index contributed by atoms with van der Waals surface area (Å²) in [5.74, 6) is -0.524. The molecule has 23 heavy (non-hydrogen) atoms. The van der Waals surface area contributed by atoms with Crippen molar-refractivity contribution in [2.45, 2.75) is 84.8 Å². The minimum atomic E-state index is -0.696. The number of ether oxygens (including phenoxy) is 1. The van der Waals surface area contributed by atoms with Crippen molar-refractivity contribution < 1.29 is 19.4 Å². The first-order valence-electron chi connectivity index (χ1n) is 8.91. The van der Waals surface area contributed by atoms with Crippen LogP contribution in [0.2, 0.25) is 0 Å². The molecule has 0 aromatic rings. The molecule has 0 aromatic heterocycles. The highest BCUT2D eigenvalue weighted by atomic mass is 16.6. The Morgan fingerprint density at radius 1 is 1.17 bits per heavy atom. The van der Waals surface area contributed by atoms with E-state index in [1.165, 1.54) is 0 Å². The minimum absolute atomic E-state index is 0.0170. The fourth-order valence-electron chi connectivity index (χ4n) is 3.27. The van der Waals surface area contributed by atoms with Gasteiger partial charge in [0.2, 0.25) is 0 Å². The molecule has 1 rings (SSSR count). The fourth-order valence-corrected chi connectivity index (χ4v) is 3.27. The summed E-state index contributed by atoms with van der Waals surface area (Å²) in [6.07, 6.45) is 4.99. The van der Waals surface area contributed by atoms with E-state index in [4.69, 9.17) is 4.74 Å². The lowest BCUT2D eigenvalue weighted by molar-refractivity contribution is -0.143. The standard InChI is InChI=1S/C18H33NO4/c1-6-8-10-12(16(20)21)13-11-14(13)15(9-7-2)19-17(22)23-18(3,4)5/h12-15H,6-11H2,1-5H3,(H,19,22)(H,20,21)/t12-,13?,14?,15+/m1/s1. The maximum atomic E-state index is 12.0. The summed E-state index contributed by atoms with van der Waals surface area (Å²) in [6.45, 7) is 9.67. The van der Waals surface area contributed by atoms with E-state index in [0.29, 0.717) is 0 Å². The Hall–Kier alpha value is -1.26. The van der Waals surface area contributed by atoms with Gasteiger partial charge in [0.05, 0.1) is 5.92 Å². The van der Waals surface area contributed by atoms with Gasteiger partial charge in [0.15, 0.2) is 0 Å². The summed E-state index contributed by atoms with van der Waals surface area (Å²) in [5.41, 5.74) is -0.519. The summed E-state index contributed by atoms with van der Waals surface area (Å²) in [7, 11) is 0. The fraction of sp³-hybridized carbons (Fsp3) is 0.889. The van der Waals surface area contributed by atoms with Gasteiger partial charge in [0.25, 0.3) is 0 Å². The van der Waals surface area contributed by atoms with Crippen LogP contribution in [0.3, 0.4) is 0 Å². The Bertz CT molecular complexity index is 402. The van der Waals surface area contributed by atoms with Crippen LogP contribution in [-0.4, -0.2) is 28.8 Å². The number of nitrogens with one attached hydrogen (secondary N) is 1. The number of carboxylic acid groups (broad SMARTS) is 1. The predicted octanol–water partition coefficient (Wildman–Crippen LogP) is 4.21. The SMILES string of the molecule is CCCC[C@@H](C(=O)O)C1CC1[C@H](CCC)NC(=O)OC(C)(C)C. The smallest absolute Gasteiger partial charge is 0.407 e. The van der Waals surface area contributed by atoms with Gasteiger partial charge in [-0.1, -0.05) is 33.1 Å². The molecule has 1 fully saturated rings. The zero-order chi connectivity index (χ0) is 17.6. The Labute approximate surface area is 140 Å². The zero-order valence-corrected chi connectivity index (χ0v) is 15.2. The van der Waals surface area contributed by atoms with Crippen LogP contribution in [-0.2, 0) is 9.53 Å². The highest BCUT2D eigenvalue weighted by molar-refractivity contribution is 5.71. The summed E-state index contributed by atoms with van der Waals surface area (Å²) in [4.78, 5) is 23.5. The van der Waals surface area contributed by atoms with E-state index in [9.17, 15) is 14.7 Å². The molecule has 5 nitrogen and oxygen atoms in total. The van der Waals surface area contributed by atoms with E-state index in [1.807, 2.05) is 20.8 Å². The molecule has 0 aromatic carbocycles. The Kier molecular flexibility index (Phi) is 7.36. The van der Waals surface area contributed by atoms with Crippen LogP contribution in [0.4, 0.5) is 4.79 Å². The molecule has 0 radical (unpaired) electrons. The van der Waals surface area contributed by atoms with Gasteiger partial charge in [-0.05, 0) is 51.9 Å². The molecular formula is C18H33NO4. The van der Waals surface area contributed by atoms with Crippen LogP contribution < -0.4 is 5.32 Å². The second-order valence-electron chi connectivity index (χ2n) is 7.69. The van der Waals surface area contributed by atoms with Crippen LogP contribution in [0.1, 0.15) is 73.1 Å². The molecule has 2 N–H and O–H groups in total. The van der Waals surface area contributed by atoms with Gasteiger partial charge in [0.1, 0.15) is 5.60 Å². The first-order chi connectivity index (χ1) is 10.7. The number of carbonyl (C=O) groups is 2. The van der Waals surface area contributed by atoms with E-state index in [1.54, 1.807) is 0 Å². The van der Waals surface area contributed by atoms with Crippen molar-refractivity contribution in [3.63, 3.8) is 0 Å². The summed E-state index contributed by atoms with van der Waals surface area (Å²) in [5, 5.41) is 12.4. The van der Waals surface area contributed by atoms with Crippen LogP contribution in [0.15, 0.2) is 0 Å². The van der Waals surface area contributed by atoms with E-state index < -0.39 is 17.7 Å². The number of unbranched alkanes of at least 4 members (excludes halogenated alkanes) is 1. The zero-order valence-electron chi connectivity index (χ0n) is 15.2. The van der Waals surface area contributed by atoms with Gasteiger partial charge in [0, 0.05) is 6.04 Å². The average Bonchev–Trinajstić information content (AvgIpc) is 3.16. The highest BCUT2D eigenvalue weighted by Crippen LogP contribution is 2.49. The monoisotopic (exact) mass is 327 g/mol. The third-order valence-electron chi connectivity index (χ3n) is 4.41. The van der Waals surface area contributed by atoms with Crippen molar-refractivity contribution in [2.75, 3.05) is 0 Å². The van der Waals surface area contributed by atoms with Crippen LogP contribution in [0.5, 0.6) is 0 Å². The molecule has 1 aliphatic carbocycles. The van der Waals surface area contributed by atoms with Gasteiger partial charge in [-0.25, -0.2) is 4.79 Å². The number of alkyl carbamates (subject to hydrolysis) is 1. The lowest BCUT2D eigenvalue weighted by Crippen LogP contribution is -2.41. The maximum Gasteiger partial charge on any atom is 0.407 e. The highest BCUT2D eigenvalue weighted by Gasteiger charge is 2.49. The molecule has 0 spiro atoms. The van der Waals surface area contributed by atoms with E-state index in [-0.39, 0.29) is 23.8 Å². The second-order valence-corrected chi connectivity index (χ2v) is 7.69. The summed E-state index contributed by atoms with van der Waals surface area (Å²) < 4.78 is 5.33. The molecular weight excluding hydrogens is 294 g/mol. The number of carbonyl (C=O) groups excluding carboxylic acids is 1. The van der Waals surface area contributed by atoms with Gasteiger partial charge in [-0.2, -0.15) is 0 Å². The summed E-state index contributed by atoms with van der Waals surface area (Å²) in [6, 6.07) is 0.0170. The van der Waals surface area contributed by atoms with Gasteiger partial charge >= 0.3 is 12.1 Å². The molecule has 0 bridgehead atoms. The molecule has 4 atom stereocenters. The van der Waals surface area contributed by atoms with Crippen LogP contribution in [0.25, 0.3) is 0 Å². The molecule has 1 amide bonds. The van der Waals surface area contributed by atoms with Gasteiger partial charge < -0.3 is 15.2 Å². The molecule has 5 heteroatoms. The molecule has 0 heterocycles. The van der Waals surface area contributed by atoms with Gasteiger partial charge in [-0.3, -0.25) is 4.79 Å². The average molecular weight is 327 g/mol. The van der Waals surface area contributed by atoms with Crippen molar-refractivity contribution in [2.24, 2.45) is 17.8 Å². The number of rotatable bonds is 9. The molecule has 134 valence electrons. The predicted molar refractivity (Wildman–Crippen MR) is 90.3 cm³/mol. The molecule has 1 aliphatic rings. The number of hydrogen-bond donors (Lipinski definition) is 2. The Balaban J connectivity index is 2.62. The third-order valence-corrected chi connectivity index (χ3v) is 4.41. The largest absolute Gasteiger partial charge is 0.481 e. The number of carboxylic acids is 1. The summed E-state index contributed by atoms with van der Waals surface area (Å²) >= 11 is 0. The van der Waals surface area contributed by atoms with E-state index in [0.717, 1.165) is 38.5 Å². The Morgan fingerprint density at radius 3 is 2.30 bits per heavy atom. The normalized spacial score (nSPS) is 23.0. The lowest BCUT2D eigenvalue weighted by atomic mass is 9.93. The quantitative estimate of drug-likeness (QED) is 0.665. The molecule has 0 aliphatic heterocycles. The third kappa shape index (κ3) is 6.80. The van der Waals surface area contributed by atoms with Crippen molar-refractivity contribution in [3.05, 3.63) is 0 Å². The van der Waals surface area contributed by atoms with Crippen molar-refractivity contribution in [3.8, 4) is 0 Å². The van der Waals surface area contributed by atoms with Crippen molar-refractivity contribution in [1.29, 1.82) is 0 Å².